The molecule has 51 heavy (non-hydrogen) atoms. The van der Waals surface area contributed by atoms with E-state index in [0.29, 0.717) is 5.69 Å². The Morgan fingerprint density at radius 2 is 0.745 bits per heavy atom. The van der Waals surface area contributed by atoms with Gasteiger partial charge in [0, 0.05) is 43.8 Å². The third-order valence-electron chi connectivity index (χ3n) is 8.91. The smallest absolute Gasteiger partial charge is 0.362 e. The molecule has 0 atom stereocenters. The molecule has 0 fully saturated rings. The van der Waals surface area contributed by atoms with Gasteiger partial charge in [-0.15, -0.1) is 0 Å². The van der Waals surface area contributed by atoms with Gasteiger partial charge in [-0.2, -0.15) is 8.42 Å². The van der Waals surface area contributed by atoms with Crippen molar-refractivity contribution >= 4 is 54.0 Å². The summed E-state index contributed by atoms with van der Waals surface area (Å²) in [5.74, 6) is 0.00197. The molecule has 0 aliphatic carbocycles. The van der Waals surface area contributed by atoms with Gasteiger partial charge in [-0.25, -0.2) is 19.9 Å². The fourth-order valence-electron chi connectivity index (χ4n) is 6.43. The highest BCUT2D eigenvalue weighted by Crippen LogP contribution is 2.32. The summed E-state index contributed by atoms with van der Waals surface area (Å²) in [7, 11) is -4.61. The number of fused-ring (bicyclic) bond motifs is 6. The highest BCUT2D eigenvalue weighted by atomic mass is 32.3. The monoisotopic (exact) mass is 682 g/mol. The topological polar surface area (TPSA) is 115 Å². The van der Waals surface area contributed by atoms with Crippen LogP contribution in [0.1, 0.15) is 0 Å². The fourth-order valence-corrected chi connectivity index (χ4v) is 6.78. The molecule has 0 radical (unpaired) electrons. The van der Waals surface area contributed by atoms with E-state index in [1.807, 2.05) is 66.7 Å². The van der Waals surface area contributed by atoms with Gasteiger partial charge in [-0.3, -0.25) is 4.55 Å². The van der Waals surface area contributed by atoms with E-state index in [0.717, 1.165) is 82.9 Å². The van der Waals surface area contributed by atoms with Gasteiger partial charge in [0.25, 0.3) is 0 Å². The summed E-state index contributed by atoms with van der Waals surface area (Å²) in [5, 5.41) is 3.95. The molecule has 0 amide bonds. The number of pyridine rings is 4. The predicted octanol–water partition coefficient (Wildman–Crippen LogP) is 9.73. The van der Waals surface area contributed by atoms with E-state index in [4.69, 9.17) is 24.5 Å². The van der Waals surface area contributed by atoms with Crippen molar-refractivity contribution in [3.8, 4) is 50.8 Å². The number of nitrogens with zero attached hydrogens (tertiary/aromatic N) is 4. The lowest BCUT2D eigenvalue weighted by molar-refractivity contribution is 0.387. The van der Waals surface area contributed by atoms with E-state index < -0.39 is 10.4 Å². The Morgan fingerprint density at radius 1 is 0.392 bits per heavy atom. The summed E-state index contributed by atoms with van der Waals surface area (Å²) < 4.78 is 35.7. The van der Waals surface area contributed by atoms with Crippen molar-refractivity contribution in [1.82, 2.24) is 19.9 Å². The van der Waals surface area contributed by atoms with Gasteiger partial charge in [0.05, 0.1) is 44.8 Å². The third kappa shape index (κ3) is 5.90. The average Bonchev–Trinajstić information content (AvgIpc) is 3.17. The molecule has 0 saturated heterocycles. The predicted molar refractivity (Wildman–Crippen MR) is 202 cm³/mol. The van der Waals surface area contributed by atoms with E-state index in [9.17, 15) is 8.42 Å². The molecule has 0 spiro atoms. The minimum Gasteiger partial charge on any atom is -0.362 e. The molecule has 0 bridgehead atoms. The molecule has 1 N–H and O–H groups in total. The van der Waals surface area contributed by atoms with Gasteiger partial charge in [0.1, 0.15) is 5.75 Å². The molecule has 4 aromatic heterocycles. The molecule has 5 aromatic carbocycles. The standard InChI is InChI=1S/C42H26N4O4S/c47-51(48,49)50-34-19-13-27(14-20-34)36-22-16-29-10-12-31-18-24-38(46-42(31)40(29)44-36)33-8-4-7-32(25-33)37-23-17-30-11-9-28-15-21-35(26-5-2-1-3-6-26)43-39(28)41(30)45-37/h1-25H,(H,47,48,49). The van der Waals surface area contributed by atoms with Gasteiger partial charge in [0.15, 0.2) is 0 Å². The number of rotatable bonds is 6. The second kappa shape index (κ2) is 12.1. The lowest BCUT2D eigenvalue weighted by Crippen LogP contribution is -2.06. The quantitative estimate of drug-likeness (QED) is 0.136. The fraction of sp³-hybridized carbons (Fsp3) is 0. The zero-order chi connectivity index (χ0) is 34.5. The Balaban J connectivity index is 1.10. The van der Waals surface area contributed by atoms with Gasteiger partial charge in [0.2, 0.25) is 0 Å². The summed E-state index contributed by atoms with van der Waals surface area (Å²) in [5.41, 5.74) is 10.2. The SMILES string of the molecule is O=S(=O)(O)Oc1ccc(-c2ccc3ccc4ccc(-c5cccc(-c6ccc7ccc8ccc(-c9ccccc9)nc8c7n6)c5)nc4c3n2)cc1. The largest absolute Gasteiger partial charge is 0.446 e. The minimum atomic E-state index is -4.61. The molecular formula is C42H26N4O4S. The molecule has 4 heterocycles. The normalized spacial score (nSPS) is 11.8. The highest BCUT2D eigenvalue weighted by molar-refractivity contribution is 7.81. The first-order valence-electron chi connectivity index (χ1n) is 16.2. The van der Waals surface area contributed by atoms with Crippen LogP contribution in [0.15, 0.2) is 152 Å². The summed E-state index contributed by atoms with van der Waals surface area (Å²) in [6.45, 7) is 0. The molecule has 0 aliphatic heterocycles. The van der Waals surface area contributed by atoms with Crippen molar-refractivity contribution in [2.24, 2.45) is 0 Å². The Morgan fingerprint density at radius 3 is 1.16 bits per heavy atom. The van der Waals surface area contributed by atoms with Crippen LogP contribution in [-0.4, -0.2) is 32.9 Å². The zero-order valence-electron chi connectivity index (χ0n) is 26.8. The summed E-state index contributed by atoms with van der Waals surface area (Å²) in [6, 6.07) is 49.2. The number of aromatic nitrogens is 4. The van der Waals surface area contributed by atoms with E-state index in [1.165, 1.54) is 12.1 Å². The van der Waals surface area contributed by atoms with Gasteiger partial charge in [-0.1, -0.05) is 97.1 Å². The van der Waals surface area contributed by atoms with E-state index >= 15 is 0 Å². The number of hydrogen-bond acceptors (Lipinski definition) is 7. The van der Waals surface area contributed by atoms with Crippen molar-refractivity contribution in [1.29, 1.82) is 0 Å². The molecule has 9 aromatic rings. The zero-order valence-corrected chi connectivity index (χ0v) is 27.6. The van der Waals surface area contributed by atoms with Crippen LogP contribution in [0, 0.1) is 0 Å². The van der Waals surface area contributed by atoms with Gasteiger partial charge >= 0.3 is 10.4 Å². The van der Waals surface area contributed by atoms with E-state index in [2.05, 4.69) is 64.8 Å². The molecule has 8 nitrogen and oxygen atoms in total. The summed E-state index contributed by atoms with van der Waals surface area (Å²) in [6.07, 6.45) is 0. The molecule has 0 unspecified atom stereocenters. The second-order valence-corrected chi connectivity index (χ2v) is 13.2. The van der Waals surface area contributed by atoms with Crippen molar-refractivity contribution in [3.05, 3.63) is 152 Å². The first kappa shape index (κ1) is 30.5. The van der Waals surface area contributed by atoms with Crippen LogP contribution in [0.5, 0.6) is 5.75 Å². The Hall–Kier alpha value is -6.55. The van der Waals surface area contributed by atoms with Crippen LogP contribution in [0.25, 0.3) is 88.6 Å². The van der Waals surface area contributed by atoms with E-state index in [-0.39, 0.29) is 5.75 Å². The molecular weight excluding hydrogens is 657 g/mol. The van der Waals surface area contributed by atoms with Crippen LogP contribution < -0.4 is 4.18 Å². The van der Waals surface area contributed by atoms with Crippen molar-refractivity contribution < 1.29 is 17.2 Å². The van der Waals surface area contributed by atoms with Crippen LogP contribution in [-0.2, 0) is 10.4 Å². The maximum absolute atomic E-state index is 11.1. The van der Waals surface area contributed by atoms with Crippen molar-refractivity contribution in [3.63, 3.8) is 0 Å². The first-order chi connectivity index (χ1) is 24.8. The molecule has 9 rings (SSSR count). The van der Waals surface area contributed by atoms with Crippen LogP contribution in [0.4, 0.5) is 0 Å². The summed E-state index contributed by atoms with van der Waals surface area (Å²) in [4.78, 5) is 20.3. The molecule has 0 saturated carbocycles. The Kier molecular flexibility index (Phi) is 7.24. The van der Waals surface area contributed by atoms with Crippen LogP contribution in [0.2, 0.25) is 0 Å². The van der Waals surface area contributed by atoms with Crippen molar-refractivity contribution in [2.45, 2.75) is 0 Å². The Labute approximate surface area is 292 Å². The van der Waals surface area contributed by atoms with E-state index in [1.54, 1.807) is 12.1 Å². The van der Waals surface area contributed by atoms with Crippen molar-refractivity contribution in [2.75, 3.05) is 0 Å². The maximum atomic E-state index is 11.1. The lowest BCUT2D eigenvalue weighted by atomic mass is 10.0. The second-order valence-electron chi connectivity index (χ2n) is 12.2. The Bertz CT molecular complexity index is 2920. The minimum absolute atomic E-state index is 0.00197. The average molecular weight is 683 g/mol. The number of hydrogen-bond donors (Lipinski definition) is 1. The van der Waals surface area contributed by atoms with Crippen LogP contribution in [0.3, 0.4) is 0 Å². The maximum Gasteiger partial charge on any atom is 0.446 e. The summed E-state index contributed by atoms with van der Waals surface area (Å²) >= 11 is 0. The van der Waals surface area contributed by atoms with Gasteiger partial charge in [-0.05, 0) is 54.6 Å². The third-order valence-corrected chi connectivity index (χ3v) is 9.32. The first-order valence-corrected chi connectivity index (χ1v) is 17.6. The molecule has 244 valence electrons. The molecule has 9 heteroatoms. The highest BCUT2D eigenvalue weighted by Gasteiger charge is 2.13. The van der Waals surface area contributed by atoms with Gasteiger partial charge < -0.3 is 4.18 Å². The lowest BCUT2D eigenvalue weighted by Gasteiger charge is -2.10. The molecule has 0 aliphatic rings. The van der Waals surface area contributed by atoms with Crippen LogP contribution >= 0.6 is 0 Å². The number of benzene rings is 5.